The first-order valence-electron chi connectivity index (χ1n) is 3.86. The van der Waals surface area contributed by atoms with Crippen LogP contribution >= 0.6 is 0 Å². The second kappa shape index (κ2) is 3.00. The Balaban J connectivity index is 2.04. The maximum Gasteiger partial charge on any atom is 0.169 e. The maximum absolute atomic E-state index is 5.44. The molecular weight excluding hydrogens is 142 g/mol. The lowest BCUT2D eigenvalue weighted by Crippen LogP contribution is -2.20. The van der Waals surface area contributed by atoms with Crippen LogP contribution in [0.15, 0.2) is 6.20 Å². The Morgan fingerprint density at radius 1 is 1.55 bits per heavy atom. The van der Waals surface area contributed by atoms with Crippen LogP contribution in [0.4, 0.5) is 0 Å². The summed E-state index contributed by atoms with van der Waals surface area (Å²) in [7, 11) is 0. The molecule has 1 radical (unpaired) electrons. The van der Waals surface area contributed by atoms with Gasteiger partial charge in [0.1, 0.15) is 6.20 Å². The molecule has 4 nitrogen and oxygen atoms in total. The number of ether oxygens (including phenoxy) is 1. The van der Waals surface area contributed by atoms with E-state index in [0.29, 0.717) is 0 Å². The predicted molar refractivity (Wildman–Crippen MR) is 37.7 cm³/mol. The maximum atomic E-state index is 5.44. The highest BCUT2D eigenvalue weighted by Crippen LogP contribution is 2.19. The topological polar surface area (TPSA) is 39.9 Å². The monoisotopic (exact) mass is 152 g/mol. The van der Waals surface area contributed by atoms with Gasteiger partial charge in [-0.1, -0.05) is 0 Å². The smallest absolute Gasteiger partial charge is 0.169 e. The van der Waals surface area contributed by atoms with Crippen molar-refractivity contribution in [1.82, 2.24) is 15.0 Å². The van der Waals surface area contributed by atoms with Crippen LogP contribution in [-0.2, 0) is 4.74 Å². The van der Waals surface area contributed by atoms with Gasteiger partial charge >= 0.3 is 0 Å². The minimum absolute atomic E-state index is 0.0509. The van der Waals surface area contributed by atoms with Crippen molar-refractivity contribution in [3.63, 3.8) is 0 Å². The Kier molecular flexibility index (Phi) is 1.85. The molecule has 2 rings (SSSR count). The second-order valence-electron chi connectivity index (χ2n) is 2.62. The van der Waals surface area contributed by atoms with E-state index in [0.717, 1.165) is 19.4 Å². The quantitative estimate of drug-likeness (QED) is 0.597. The second-order valence-corrected chi connectivity index (χ2v) is 2.62. The number of hydrogen-bond acceptors (Lipinski definition) is 3. The SMILES string of the molecule is [c]1cnn(C2CCCCO2)n1. The summed E-state index contributed by atoms with van der Waals surface area (Å²) in [6.07, 6.45) is 7.62. The van der Waals surface area contributed by atoms with Crippen LogP contribution in [0.2, 0.25) is 0 Å². The first-order valence-corrected chi connectivity index (χ1v) is 3.86. The van der Waals surface area contributed by atoms with Crippen molar-refractivity contribution in [2.75, 3.05) is 6.61 Å². The molecule has 1 aliphatic heterocycles. The third kappa shape index (κ3) is 1.40. The molecule has 1 unspecified atom stereocenters. The van der Waals surface area contributed by atoms with Crippen LogP contribution in [0.3, 0.4) is 0 Å². The van der Waals surface area contributed by atoms with Crippen LogP contribution in [0, 0.1) is 6.20 Å². The highest BCUT2D eigenvalue weighted by atomic mass is 16.5. The first-order chi connectivity index (χ1) is 5.47. The highest BCUT2D eigenvalue weighted by Gasteiger charge is 2.15. The Labute approximate surface area is 65.2 Å². The Bertz CT molecular complexity index is 203. The molecular formula is C7H10N3O. The van der Waals surface area contributed by atoms with Crippen LogP contribution in [-0.4, -0.2) is 21.6 Å². The Morgan fingerprint density at radius 3 is 3.18 bits per heavy atom. The van der Waals surface area contributed by atoms with Gasteiger partial charge in [0.25, 0.3) is 0 Å². The fraction of sp³-hybridized carbons (Fsp3) is 0.714. The molecule has 0 bridgehead atoms. The minimum Gasteiger partial charge on any atom is -0.355 e. The van der Waals surface area contributed by atoms with E-state index in [-0.39, 0.29) is 6.23 Å². The zero-order valence-corrected chi connectivity index (χ0v) is 6.23. The molecule has 0 N–H and O–H groups in total. The lowest BCUT2D eigenvalue weighted by molar-refractivity contribution is -0.0481. The van der Waals surface area contributed by atoms with Crippen molar-refractivity contribution in [2.24, 2.45) is 0 Å². The largest absolute Gasteiger partial charge is 0.355 e. The van der Waals surface area contributed by atoms with Crippen LogP contribution in [0.5, 0.6) is 0 Å². The summed E-state index contributed by atoms with van der Waals surface area (Å²) in [5.41, 5.74) is 0. The predicted octanol–water partition coefficient (Wildman–Crippen LogP) is 0.777. The van der Waals surface area contributed by atoms with Gasteiger partial charge in [-0.2, -0.15) is 9.90 Å². The Morgan fingerprint density at radius 2 is 2.55 bits per heavy atom. The molecule has 1 aliphatic rings. The van der Waals surface area contributed by atoms with Crippen LogP contribution in [0.25, 0.3) is 0 Å². The zero-order valence-electron chi connectivity index (χ0n) is 6.23. The third-order valence-corrected chi connectivity index (χ3v) is 1.81. The van der Waals surface area contributed by atoms with Gasteiger partial charge in [0.2, 0.25) is 0 Å². The van der Waals surface area contributed by atoms with E-state index in [9.17, 15) is 0 Å². The van der Waals surface area contributed by atoms with Gasteiger partial charge in [-0.25, -0.2) is 0 Å². The van der Waals surface area contributed by atoms with Gasteiger partial charge in [-0.05, 0) is 19.3 Å². The Hall–Kier alpha value is -0.900. The minimum atomic E-state index is 0.0509. The van der Waals surface area contributed by atoms with Crippen LogP contribution < -0.4 is 0 Å². The van der Waals surface area contributed by atoms with Gasteiger partial charge in [0, 0.05) is 6.61 Å². The summed E-state index contributed by atoms with van der Waals surface area (Å²) in [6, 6.07) is 0. The summed E-state index contributed by atoms with van der Waals surface area (Å²) in [5, 5.41) is 7.86. The standard InChI is InChI=1S/C7H10N3O/c1-2-6-11-7(3-1)10-8-4-5-9-10/h4,7H,1-3,6H2. The summed E-state index contributed by atoms with van der Waals surface area (Å²) < 4.78 is 5.44. The van der Waals surface area contributed by atoms with Gasteiger partial charge in [0.05, 0.1) is 6.20 Å². The van der Waals surface area contributed by atoms with E-state index in [4.69, 9.17) is 4.74 Å². The molecule has 59 valence electrons. The molecule has 0 spiro atoms. The van der Waals surface area contributed by atoms with Gasteiger partial charge < -0.3 is 4.74 Å². The molecule has 0 amide bonds. The molecule has 0 saturated carbocycles. The number of nitrogens with zero attached hydrogens (tertiary/aromatic N) is 3. The first kappa shape index (κ1) is 6.79. The normalized spacial score (nSPS) is 25.3. The molecule has 1 fully saturated rings. The average Bonchev–Trinajstić information content (AvgIpc) is 2.58. The van der Waals surface area contributed by atoms with E-state index in [1.54, 1.807) is 11.0 Å². The van der Waals surface area contributed by atoms with E-state index in [1.807, 2.05) is 0 Å². The molecule has 1 aromatic rings. The summed E-state index contributed by atoms with van der Waals surface area (Å²) in [6.45, 7) is 0.826. The highest BCUT2D eigenvalue weighted by molar-refractivity contribution is 4.62. The van der Waals surface area contributed by atoms with E-state index < -0.39 is 0 Å². The summed E-state index contributed by atoms with van der Waals surface area (Å²) >= 11 is 0. The van der Waals surface area contributed by atoms with Gasteiger partial charge in [-0.3, -0.25) is 0 Å². The molecule has 11 heavy (non-hydrogen) atoms. The average molecular weight is 152 g/mol. The zero-order chi connectivity index (χ0) is 7.52. The molecule has 1 saturated heterocycles. The molecule has 2 heterocycles. The van der Waals surface area contributed by atoms with Crippen molar-refractivity contribution in [1.29, 1.82) is 0 Å². The van der Waals surface area contributed by atoms with E-state index in [2.05, 4.69) is 16.4 Å². The molecule has 1 aromatic heterocycles. The van der Waals surface area contributed by atoms with Crippen molar-refractivity contribution < 1.29 is 4.74 Å². The van der Waals surface area contributed by atoms with Crippen molar-refractivity contribution in [3.05, 3.63) is 12.4 Å². The molecule has 0 aromatic carbocycles. The fourth-order valence-corrected chi connectivity index (χ4v) is 1.24. The number of hydrogen-bond donors (Lipinski definition) is 0. The molecule has 4 heteroatoms. The van der Waals surface area contributed by atoms with Crippen molar-refractivity contribution in [3.8, 4) is 0 Å². The number of aromatic nitrogens is 3. The molecule has 0 aliphatic carbocycles. The van der Waals surface area contributed by atoms with Gasteiger partial charge in [-0.15, -0.1) is 5.10 Å². The summed E-state index contributed by atoms with van der Waals surface area (Å²) in [5.74, 6) is 0. The lowest BCUT2D eigenvalue weighted by Gasteiger charge is -2.20. The third-order valence-electron chi connectivity index (χ3n) is 1.81. The lowest BCUT2D eigenvalue weighted by atomic mass is 10.2. The number of rotatable bonds is 1. The van der Waals surface area contributed by atoms with E-state index in [1.165, 1.54) is 6.42 Å². The van der Waals surface area contributed by atoms with E-state index >= 15 is 0 Å². The fourth-order valence-electron chi connectivity index (χ4n) is 1.24. The molecule has 1 atom stereocenters. The van der Waals surface area contributed by atoms with Crippen molar-refractivity contribution >= 4 is 0 Å². The van der Waals surface area contributed by atoms with Gasteiger partial charge in [0.15, 0.2) is 6.23 Å². The van der Waals surface area contributed by atoms with Crippen LogP contribution in [0.1, 0.15) is 25.5 Å². The van der Waals surface area contributed by atoms with Crippen molar-refractivity contribution in [2.45, 2.75) is 25.5 Å². The summed E-state index contributed by atoms with van der Waals surface area (Å²) in [4.78, 5) is 1.58.